The van der Waals surface area contributed by atoms with Crippen LogP contribution in [0.15, 0.2) is 194 Å². The maximum absolute atomic E-state index is 2.49. The van der Waals surface area contributed by atoms with Crippen molar-refractivity contribution in [3.05, 3.63) is 194 Å². The minimum absolute atomic E-state index is 1.17. The zero-order valence-electron chi connectivity index (χ0n) is 30.2. The molecule has 12 aromatic rings. The summed E-state index contributed by atoms with van der Waals surface area (Å²) in [6, 6.07) is 71.1. The van der Waals surface area contributed by atoms with Crippen LogP contribution in [0.3, 0.4) is 0 Å². The Bertz CT molecular complexity index is 3330. The lowest BCUT2D eigenvalue weighted by Crippen LogP contribution is -1.93. The molecule has 12 rings (SSSR count). The molecule has 0 aliphatic carbocycles. The van der Waals surface area contributed by atoms with E-state index in [1.807, 2.05) is 22.7 Å². The maximum atomic E-state index is 2.49. The molecule has 0 amide bonds. The molecular weight excluding hydrogens is 717 g/mol. The quantitative estimate of drug-likeness (QED) is 0.166. The molecule has 56 heavy (non-hydrogen) atoms. The third kappa shape index (κ3) is 4.80. The third-order valence-corrected chi connectivity index (χ3v) is 13.8. The van der Waals surface area contributed by atoms with Gasteiger partial charge in [0, 0.05) is 31.9 Å². The fourth-order valence-electron chi connectivity index (χ4n) is 8.78. The van der Waals surface area contributed by atoms with Crippen molar-refractivity contribution in [2.45, 2.75) is 0 Å². The summed E-state index contributed by atoms with van der Waals surface area (Å²) in [6.45, 7) is 0. The molecule has 0 N–H and O–H groups in total. The molecule has 4 heterocycles. The average molecular weight is 749 g/mol. The fraction of sp³-hybridized carbons (Fsp3) is 0. The van der Waals surface area contributed by atoms with Gasteiger partial charge in [-0.1, -0.05) is 140 Å². The van der Waals surface area contributed by atoms with Gasteiger partial charge in [-0.05, 0) is 98.4 Å². The predicted octanol–water partition coefficient (Wildman–Crippen LogP) is 15.3. The molecule has 8 aromatic carbocycles. The molecule has 0 radical (unpaired) electrons. The van der Waals surface area contributed by atoms with Gasteiger partial charge in [0.2, 0.25) is 0 Å². The van der Waals surface area contributed by atoms with Gasteiger partial charge in [-0.2, -0.15) is 0 Å². The second-order valence-corrected chi connectivity index (χ2v) is 16.6. The van der Waals surface area contributed by atoms with Crippen LogP contribution in [0, 0.1) is 0 Å². The zero-order valence-corrected chi connectivity index (χ0v) is 31.8. The number of fused-ring (bicyclic) bond motifs is 8. The van der Waals surface area contributed by atoms with E-state index in [0.717, 1.165) is 0 Å². The van der Waals surface area contributed by atoms with Crippen LogP contribution in [0.5, 0.6) is 0 Å². The fourth-order valence-corrected chi connectivity index (χ4v) is 11.3. The monoisotopic (exact) mass is 748 g/mol. The summed E-state index contributed by atoms with van der Waals surface area (Å²) in [5, 5.41) is 7.64. The number of thiophene rings is 2. The summed E-state index contributed by atoms with van der Waals surface area (Å²) in [4.78, 5) is 2.59. The first-order valence-electron chi connectivity index (χ1n) is 19.0. The summed E-state index contributed by atoms with van der Waals surface area (Å²) in [6.07, 6.45) is 0. The molecule has 0 fully saturated rings. The highest BCUT2D eigenvalue weighted by Crippen LogP contribution is 2.48. The molecule has 0 spiro atoms. The summed E-state index contributed by atoms with van der Waals surface area (Å²) in [5.74, 6) is 0. The van der Waals surface area contributed by atoms with Gasteiger partial charge in [0.1, 0.15) is 0 Å². The Morgan fingerprint density at radius 1 is 0.304 bits per heavy atom. The molecule has 0 atom stereocenters. The van der Waals surface area contributed by atoms with Crippen LogP contribution in [0.4, 0.5) is 0 Å². The number of para-hydroxylation sites is 2. The van der Waals surface area contributed by atoms with Crippen molar-refractivity contribution in [1.29, 1.82) is 0 Å². The first-order chi connectivity index (χ1) is 27.8. The molecular formula is C52H32N2S2. The van der Waals surface area contributed by atoms with Crippen molar-refractivity contribution < 1.29 is 0 Å². The molecule has 0 saturated carbocycles. The van der Waals surface area contributed by atoms with E-state index in [4.69, 9.17) is 0 Å². The standard InChI is InChI=1S/C52H32N2S2/c1-2-16-37(17-3-1)53-45-23-9-8-20-41(45)44-30-36(26-29-46(44)53)33-24-27-38(28-25-33)54-47-31-49(42-21-10-14-34-12-4-6-18-39(34)42)55-51(47)52-48(54)32-50(56-52)43-22-11-15-35-13-5-7-19-40(35)43/h1-32H. The zero-order chi connectivity index (χ0) is 36.7. The van der Waals surface area contributed by atoms with E-state index in [1.54, 1.807) is 0 Å². The van der Waals surface area contributed by atoms with Gasteiger partial charge < -0.3 is 9.13 Å². The largest absolute Gasteiger partial charge is 0.309 e. The molecule has 262 valence electrons. The first-order valence-corrected chi connectivity index (χ1v) is 20.6. The number of rotatable bonds is 5. The van der Waals surface area contributed by atoms with Gasteiger partial charge in [-0.3, -0.25) is 0 Å². The normalized spacial score (nSPS) is 11.9. The average Bonchev–Trinajstić information content (AvgIpc) is 4.03. The predicted molar refractivity (Wildman–Crippen MR) is 242 cm³/mol. The van der Waals surface area contributed by atoms with Crippen molar-refractivity contribution in [3.63, 3.8) is 0 Å². The first kappa shape index (κ1) is 31.6. The molecule has 4 aromatic heterocycles. The van der Waals surface area contributed by atoms with E-state index in [0.29, 0.717) is 0 Å². The molecule has 0 aliphatic heterocycles. The highest BCUT2D eigenvalue weighted by molar-refractivity contribution is 7.30. The van der Waals surface area contributed by atoms with Crippen molar-refractivity contribution in [2.75, 3.05) is 0 Å². The highest BCUT2D eigenvalue weighted by atomic mass is 32.1. The summed E-state index contributed by atoms with van der Waals surface area (Å²) >= 11 is 3.82. The van der Waals surface area contributed by atoms with Crippen molar-refractivity contribution in [2.24, 2.45) is 0 Å². The number of hydrogen-bond donors (Lipinski definition) is 0. The van der Waals surface area contributed by atoms with Gasteiger partial charge in [0.25, 0.3) is 0 Å². The van der Waals surface area contributed by atoms with Crippen LogP contribution < -0.4 is 0 Å². The van der Waals surface area contributed by atoms with E-state index in [2.05, 4.69) is 203 Å². The second kappa shape index (κ2) is 12.4. The van der Waals surface area contributed by atoms with E-state index in [9.17, 15) is 0 Å². The lowest BCUT2D eigenvalue weighted by molar-refractivity contribution is 1.18. The molecule has 2 nitrogen and oxygen atoms in total. The number of aromatic nitrogens is 2. The molecule has 0 saturated heterocycles. The summed E-state index contributed by atoms with van der Waals surface area (Å²) < 4.78 is 7.54. The van der Waals surface area contributed by atoms with Crippen LogP contribution in [0.1, 0.15) is 0 Å². The SMILES string of the molecule is c1ccc(-n2c3ccccc3c3cc(-c4ccc(-n5c6cc(-c7cccc8ccccc78)sc6c6sc(-c7cccc8ccccc78)cc65)cc4)ccc32)cc1. The minimum Gasteiger partial charge on any atom is -0.309 e. The Morgan fingerprint density at radius 2 is 0.786 bits per heavy atom. The van der Waals surface area contributed by atoms with E-state index >= 15 is 0 Å². The minimum atomic E-state index is 1.17. The van der Waals surface area contributed by atoms with Gasteiger partial charge >= 0.3 is 0 Å². The van der Waals surface area contributed by atoms with Crippen LogP contribution in [-0.2, 0) is 0 Å². The van der Waals surface area contributed by atoms with Gasteiger partial charge in [-0.25, -0.2) is 0 Å². The van der Waals surface area contributed by atoms with E-state index in [1.165, 1.54) is 107 Å². The number of benzene rings is 8. The Hall–Kier alpha value is -6.72. The topological polar surface area (TPSA) is 9.86 Å². The molecule has 4 heteroatoms. The van der Waals surface area contributed by atoms with E-state index < -0.39 is 0 Å². The lowest BCUT2D eigenvalue weighted by Gasteiger charge is -2.10. The Labute approximate surface area is 331 Å². The number of hydrogen-bond acceptors (Lipinski definition) is 2. The maximum Gasteiger partial charge on any atom is 0.0711 e. The summed E-state index contributed by atoms with van der Waals surface area (Å²) in [5.41, 5.74) is 12.3. The van der Waals surface area contributed by atoms with Crippen LogP contribution in [-0.4, -0.2) is 9.13 Å². The van der Waals surface area contributed by atoms with Gasteiger partial charge in [0.05, 0.1) is 31.5 Å². The van der Waals surface area contributed by atoms with Gasteiger partial charge in [-0.15, -0.1) is 22.7 Å². The molecule has 0 aliphatic rings. The third-order valence-electron chi connectivity index (χ3n) is 11.4. The van der Waals surface area contributed by atoms with E-state index in [-0.39, 0.29) is 0 Å². The Morgan fingerprint density at radius 3 is 1.43 bits per heavy atom. The molecule has 0 bridgehead atoms. The smallest absolute Gasteiger partial charge is 0.0711 e. The van der Waals surface area contributed by atoms with Crippen LogP contribution in [0.25, 0.3) is 107 Å². The van der Waals surface area contributed by atoms with Crippen molar-refractivity contribution in [1.82, 2.24) is 9.13 Å². The van der Waals surface area contributed by atoms with Gasteiger partial charge in [0.15, 0.2) is 0 Å². The Balaban J connectivity index is 1.02. The van der Waals surface area contributed by atoms with Crippen molar-refractivity contribution in [3.8, 4) is 43.4 Å². The van der Waals surface area contributed by atoms with Crippen LogP contribution in [0.2, 0.25) is 0 Å². The molecule has 0 unspecified atom stereocenters. The van der Waals surface area contributed by atoms with Crippen LogP contribution >= 0.6 is 22.7 Å². The summed E-state index contributed by atoms with van der Waals surface area (Å²) in [7, 11) is 0. The Kier molecular flexibility index (Phi) is 7.00. The second-order valence-electron chi connectivity index (χ2n) is 14.5. The number of nitrogens with zero attached hydrogens (tertiary/aromatic N) is 2. The highest BCUT2D eigenvalue weighted by Gasteiger charge is 2.21. The van der Waals surface area contributed by atoms with Crippen molar-refractivity contribution >= 4 is 86.5 Å². The lowest BCUT2D eigenvalue weighted by atomic mass is 10.0.